The minimum atomic E-state index is -0.0586. The number of carbonyl (C=O) groups is 1. The van der Waals surface area contributed by atoms with E-state index in [0.717, 1.165) is 39.9 Å². The SMILES string of the molecule is Cc1cc2c(s1)N=C1C(CCN1c1ccccc1)C2=O. The van der Waals surface area contributed by atoms with Crippen molar-refractivity contribution in [1.29, 1.82) is 0 Å². The first-order valence-corrected chi connectivity index (χ1v) is 7.61. The van der Waals surface area contributed by atoms with Crippen LogP contribution < -0.4 is 4.90 Å². The Kier molecular flexibility index (Phi) is 2.54. The summed E-state index contributed by atoms with van der Waals surface area (Å²) < 4.78 is 0. The Balaban J connectivity index is 1.82. The number of hydrogen-bond donors (Lipinski definition) is 0. The summed E-state index contributed by atoms with van der Waals surface area (Å²) in [6, 6.07) is 12.2. The van der Waals surface area contributed by atoms with Crippen LogP contribution in [0.2, 0.25) is 0 Å². The van der Waals surface area contributed by atoms with Crippen molar-refractivity contribution >= 4 is 33.6 Å². The van der Waals surface area contributed by atoms with Gasteiger partial charge in [-0.25, -0.2) is 4.99 Å². The van der Waals surface area contributed by atoms with E-state index < -0.39 is 0 Å². The first-order chi connectivity index (χ1) is 9.74. The van der Waals surface area contributed by atoms with Crippen molar-refractivity contribution < 1.29 is 4.79 Å². The number of amidine groups is 1. The van der Waals surface area contributed by atoms with Gasteiger partial charge in [0.05, 0.1) is 11.5 Å². The van der Waals surface area contributed by atoms with E-state index in [-0.39, 0.29) is 11.7 Å². The van der Waals surface area contributed by atoms with Crippen LogP contribution >= 0.6 is 11.3 Å². The lowest BCUT2D eigenvalue weighted by atomic mass is 9.95. The molecule has 1 unspecified atom stereocenters. The summed E-state index contributed by atoms with van der Waals surface area (Å²) in [5.41, 5.74) is 1.94. The van der Waals surface area contributed by atoms with Crippen LogP contribution in [0, 0.1) is 12.8 Å². The Hall–Kier alpha value is -1.94. The highest BCUT2D eigenvalue weighted by Gasteiger charge is 2.40. The minimum Gasteiger partial charge on any atom is -0.329 e. The molecule has 4 heteroatoms. The van der Waals surface area contributed by atoms with Crippen LogP contribution in [0.25, 0.3) is 0 Å². The lowest BCUT2D eigenvalue weighted by Crippen LogP contribution is -2.32. The maximum absolute atomic E-state index is 12.6. The molecule has 0 saturated carbocycles. The second kappa shape index (κ2) is 4.28. The first-order valence-electron chi connectivity index (χ1n) is 6.80. The molecular formula is C16H14N2OS. The molecule has 2 aliphatic heterocycles. The lowest BCUT2D eigenvalue weighted by Gasteiger charge is -2.23. The number of nitrogens with zero attached hydrogens (tertiary/aromatic N) is 2. The van der Waals surface area contributed by atoms with E-state index in [1.165, 1.54) is 0 Å². The highest BCUT2D eigenvalue weighted by molar-refractivity contribution is 7.16. The number of fused-ring (bicyclic) bond motifs is 2. The predicted molar refractivity (Wildman–Crippen MR) is 82.4 cm³/mol. The summed E-state index contributed by atoms with van der Waals surface area (Å²) in [6.45, 7) is 2.90. The Morgan fingerprint density at radius 1 is 1.30 bits per heavy atom. The average molecular weight is 282 g/mol. The summed E-state index contributed by atoms with van der Waals surface area (Å²) in [7, 11) is 0. The Morgan fingerprint density at radius 2 is 2.10 bits per heavy atom. The van der Waals surface area contributed by atoms with E-state index >= 15 is 0 Å². The number of thiophene rings is 1. The van der Waals surface area contributed by atoms with Crippen LogP contribution in [-0.2, 0) is 0 Å². The van der Waals surface area contributed by atoms with E-state index in [1.54, 1.807) is 11.3 Å². The molecule has 100 valence electrons. The molecule has 0 bridgehead atoms. The van der Waals surface area contributed by atoms with Crippen molar-refractivity contribution in [2.45, 2.75) is 13.3 Å². The van der Waals surface area contributed by atoms with Gasteiger partial charge in [-0.15, -0.1) is 11.3 Å². The topological polar surface area (TPSA) is 32.7 Å². The largest absolute Gasteiger partial charge is 0.329 e. The second-order valence-corrected chi connectivity index (χ2v) is 6.47. The highest BCUT2D eigenvalue weighted by atomic mass is 32.1. The third kappa shape index (κ3) is 1.64. The molecule has 1 fully saturated rings. The zero-order chi connectivity index (χ0) is 13.7. The third-order valence-electron chi connectivity index (χ3n) is 3.93. The fraction of sp³-hybridized carbons (Fsp3) is 0.250. The van der Waals surface area contributed by atoms with Crippen molar-refractivity contribution in [1.82, 2.24) is 0 Å². The van der Waals surface area contributed by atoms with Gasteiger partial charge in [-0.1, -0.05) is 18.2 Å². The van der Waals surface area contributed by atoms with Crippen molar-refractivity contribution in [3.8, 4) is 0 Å². The quantitative estimate of drug-likeness (QED) is 0.796. The van der Waals surface area contributed by atoms with Gasteiger partial charge in [-0.2, -0.15) is 0 Å². The molecule has 1 aromatic carbocycles. The standard InChI is InChI=1S/C16H14N2OS/c1-10-9-13-14(19)12-7-8-18(11-5-3-2-4-6-11)15(12)17-16(13)20-10/h2-6,9,12H,7-8H2,1H3. The number of aryl methyl sites for hydroxylation is 1. The van der Waals surface area contributed by atoms with Gasteiger partial charge in [0.25, 0.3) is 0 Å². The Morgan fingerprint density at radius 3 is 2.90 bits per heavy atom. The van der Waals surface area contributed by atoms with Crippen LogP contribution in [0.5, 0.6) is 0 Å². The van der Waals surface area contributed by atoms with Gasteiger partial charge in [0.1, 0.15) is 10.8 Å². The Bertz CT molecular complexity index is 717. The van der Waals surface area contributed by atoms with Crippen LogP contribution in [0.1, 0.15) is 21.7 Å². The summed E-state index contributed by atoms with van der Waals surface area (Å²) in [4.78, 5) is 20.7. The highest BCUT2D eigenvalue weighted by Crippen LogP contribution is 2.40. The minimum absolute atomic E-state index is 0.0586. The summed E-state index contributed by atoms with van der Waals surface area (Å²) in [5, 5.41) is 0.876. The molecule has 20 heavy (non-hydrogen) atoms. The zero-order valence-corrected chi connectivity index (χ0v) is 12.0. The molecule has 0 radical (unpaired) electrons. The van der Waals surface area contributed by atoms with Crippen LogP contribution in [0.3, 0.4) is 0 Å². The van der Waals surface area contributed by atoms with E-state index in [4.69, 9.17) is 4.99 Å². The molecule has 0 N–H and O–H groups in total. The van der Waals surface area contributed by atoms with Crippen LogP contribution in [0.4, 0.5) is 10.7 Å². The third-order valence-corrected chi connectivity index (χ3v) is 4.88. The number of para-hydroxylation sites is 1. The number of rotatable bonds is 1. The van der Waals surface area contributed by atoms with Gasteiger partial charge < -0.3 is 4.90 Å². The van der Waals surface area contributed by atoms with E-state index in [9.17, 15) is 4.79 Å². The number of carbonyl (C=O) groups excluding carboxylic acids is 1. The molecule has 0 spiro atoms. The van der Waals surface area contributed by atoms with Crippen LogP contribution in [-0.4, -0.2) is 18.2 Å². The molecule has 1 atom stereocenters. The molecule has 4 rings (SSSR count). The van der Waals surface area contributed by atoms with Crippen molar-refractivity contribution in [3.05, 3.63) is 46.8 Å². The molecule has 3 nitrogen and oxygen atoms in total. The van der Waals surface area contributed by atoms with E-state index in [0.29, 0.717) is 0 Å². The van der Waals surface area contributed by atoms with Gasteiger partial charge >= 0.3 is 0 Å². The second-order valence-electron chi connectivity index (χ2n) is 5.24. The maximum atomic E-state index is 12.6. The number of hydrogen-bond acceptors (Lipinski definition) is 4. The van der Waals surface area contributed by atoms with Crippen molar-refractivity contribution in [2.24, 2.45) is 10.9 Å². The first kappa shape index (κ1) is 11.9. The number of Topliss-reactive ketones (excluding diaryl/α,β-unsaturated/α-hetero) is 1. The zero-order valence-electron chi connectivity index (χ0n) is 11.2. The summed E-state index contributed by atoms with van der Waals surface area (Å²) in [5.74, 6) is 1.11. The summed E-state index contributed by atoms with van der Waals surface area (Å²) in [6.07, 6.45) is 0.862. The van der Waals surface area contributed by atoms with Gasteiger partial charge in [0.2, 0.25) is 0 Å². The van der Waals surface area contributed by atoms with Gasteiger partial charge in [0.15, 0.2) is 5.78 Å². The summed E-state index contributed by atoms with van der Waals surface area (Å²) >= 11 is 1.61. The van der Waals surface area contributed by atoms with Gasteiger partial charge in [-0.3, -0.25) is 4.79 Å². The predicted octanol–water partition coefficient (Wildman–Crippen LogP) is 3.81. The molecule has 3 heterocycles. The monoisotopic (exact) mass is 282 g/mol. The fourth-order valence-corrected chi connectivity index (χ4v) is 3.89. The van der Waals surface area contributed by atoms with Gasteiger partial charge in [0, 0.05) is 17.1 Å². The van der Waals surface area contributed by atoms with Crippen molar-refractivity contribution in [2.75, 3.05) is 11.4 Å². The molecular weight excluding hydrogens is 268 g/mol. The van der Waals surface area contributed by atoms with Crippen LogP contribution in [0.15, 0.2) is 41.4 Å². The number of benzene rings is 1. The molecule has 1 aromatic heterocycles. The number of aliphatic imine (C=N–C) groups is 1. The fourth-order valence-electron chi connectivity index (χ4n) is 3.00. The lowest BCUT2D eigenvalue weighted by molar-refractivity contribution is 0.0954. The van der Waals surface area contributed by atoms with Gasteiger partial charge in [-0.05, 0) is 31.5 Å². The smallest absolute Gasteiger partial charge is 0.176 e. The van der Waals surface area contributed by atoms with E-state index in [1.807, 2.05) is 31.2 Å². The molecule has 0 amide bonds. The molecule has 1 saturated heterocycles. The number of anilines is 1. The molecule has 2 aromatic rings. The Labute approximate surface area is 121 Å². The normalized spacial score (nSPS) is 20.6. The molecule has 0 aliphatic carbocycles. The van der Waals surface area contributed by atoms with Crippen molar-refractivity contribution in [3.63, 3.8) is 0 Å². The molecule has 2 aliphatic rings. The maximum Gasteiger partial charge on any atom is 0.176 e. The average Bonchev–Trinajstić information content (AvgIpc) is 3.03. The number of ketones is 1. The van der Waals surface area contributed by atoms with E-state index in [2.05, 4.69) is 17.0 Å².